The molecule has 0 aromatic rings. The lowest BCUT2D eigenvalue weighted by Gasteiger charge is -2.43. The third-order valence-electron chi connectivity index (χ3n) is 3.45. The second-order valence-electron chi connectivity index (χ2n) is 4.74. The van der Waals surface area contributed by atoms with Crippen LogP contribution in [0.3, 0.4) is 0 Å². The maximum absolute atomic E-state index is 12.0. The van der Waals surface area contributed by atoms with Gasteiger partial charge in [0, 0.05) is 37.6 Å². The molecular formula is C11H23N3O. The van der Waals surface area contributed by atoms with Gasteiger partial charge in [0.1, 0.15) is 0 Å². The molecule has 0 saturated carbocycles. The van der Waals surface area contributed by atoms with Crippen LogP contribution in [0.15, 0.2) is 0 Å². The van der Waals surface area contributed by atoms with Gasteiger partial charge < -0.3 is 10.6 Å². The molecule has 0 spiro atoms. The van der Waals surface area contributed by atoms with Crippen molar-refractivity contribution in [3.63, 3.8) is 0 Å². The summed E-state index contributed by atoms with van der Waals surface area (Å²) in [6.07, 6.45) is 0. The molecule has 4 nitrogen and oxygen atoms in total. The highest BCUT2D eigenvalue weighted by Gasteiger charge is 2.30. The maximum atomic E-state index is 12.0. The maximum Gasteiger partial charge on any atom is 0.226 e. The van der Waals surface area contributed by atoms with Crippen LogP contribution in [0, 0.1) is 5.92 Å². The topological polar surface area (TPSA) is 49.6 Å². The number of likely N-dealkylation sites (N-methyl/N-ethyl adjacent to an activating group) is 1. The molecule has 88 valence electrons. The fourth-order valence-electron chi connectivity index (χ4n) is 2.00. The van der Waals surface area contributed by atoms with Crippen LogP contribution < -0.4 is 5.73 Å². The van der Waals surface area contributed by atoms with E-state index < -0.39 is 0 Å². The molecular weight excluding hydrogens is 190 g/mol. The molecule has 0 aliphatic carbocycles. The lowest BCUT2D eigenvalue weighted by molar-refractivity contribution is -0.138. The van der Waals surface area contributed by atoms with Crippen LogP contribution >= 0.6 is 0 Å². The zero-order chi connectivity index (χ0) is 11.6. The van der Waals surface area contributed by atoms with Crippen molar-refractivity contribution in [1.29, 1.82) is 0 Å². The fraction of sp³-hybridized carbons (Fsp3) is 0.909. The summed E-state index contributed by atoms with van der Waals surface area (Å²) in [6.45, 7) is 8.30. The predicted molar refractivity (Wildman–Crippen MR) is 61.5 cm³/mol. The molecule has 1 aliphatic heterocycles. The molecule has 3 unspecified atom stereocenters. The van der Waals surface area contributed by atoms with Crippen molar-refractivity contribution in [2.75, 3.05) is 26.7 Å². The van der Waals surface area contributed by atoms with E-state index in [1.54, 1.807) is 0 Å². The van der Waals surface area contributed by atoms with E-state index in [-0.39, 0.29) is 11.8 Å². The van der Waals surface area contributed by atoms with Crippen molar-refractivity contribution >= 4 is 5.91 Å². The van der Waals surface area contributed by atoms with Crippen LogP contribution in [0.5, 0.6) is 0 Å². The highest BCUT2D eigenvalue weighted by Crippen LogP contribution is 2.15. The lowest BCUT2D eigenvalue weighted by atomic mass is 10.1. The first kappa shape index (κ1) is 12.5. The van der Waals surface area contributed by atoms with Crippen molar-refractivity contribution in [3.05, 3.63) is 0 Å². The average Bonchev–Trinajstić information content (AvgIpc) is 2.23. The number of piperazine rings is 1. The number of hydrogen-bond donors (Lipinski definition) is 1. The summed E-state index contributed by atoms with van der Waals surface area (Å²) in [6, 6.07) is 0.866. The van der Waals surface area contributed by atoms with E-state index in [0.29, 0.717) is 18.6 Å². The molecule has 1 aliphatic rings. The van der Waals surface area contributed by atoms with Gasteiger partial charge in [-0.2, -0.15) is 0 Å². The number of rotatable bonds is 2. The molecule has 15 heavy (non-hydrogen) atoms. The molecule has 4 heteroatoms. The minimum atomic E-state index is -0.0483. The van der Waals surface area contributed by atoms with Gasteiger partial charge in [0.05, 0.1) is 0 Å². The van der Waals surface area contributed by atoms with Crippen LogP contribution in [0.1, 0.15) is 20.8 Å². The Labute approximate surface area is 92.4 Å². The zero-order valence-electron chi connectivity index (χ0n) is 10.2. The van der Waals surface area contributed by atoms with Crippen molar-refractivity contribution < 1.29 is 4.79 Å². The van der Waals surface area contributed by atoms with Crippen molar-refractivity contribution in [2.45, 2.75) is 32.9 Å². The van der Waals surface area contributed by atoms with Crippen LogP contribution in [0.2, 0.25) is 0 Å². The Morgan fingerprint density at radius 2 is 1.87 bits per heavy atom. The second kappa shape index (κ2) is 4.94. The summed E-state index contributed by atoms with van der Waals surface area (Å²) >= 11 is 0. The largest absolute Gasteiger partial charge is 0.339 e. The van der Waals surface area contributed by atoms with Gasteiger partial charge in [-0.05, 0) is 20.9 Å². The molecule has 1 heterocycles. The number of amides is 1. The smallest absolute Gasteiger partial charge is 0.226 e. The van der Waals surface area contributed by atoms with Crippen molar-refractivity contribution in [2.24, 2.45) is 11.7 Å². The Kier molecular flexibility index (Phi) is 4.11. The average molecular weight is 213 g/mol. The standard InChI is InChI=1S/C11H23N3O/c1-8(5-12)11(15)14-6-9(2)13(4)10(3)7-14/h8-10H,5-7,12H2,1-4H3. The van der Waals surface area contributed by atoms with E-state index in [1.807, 2.05) is 11.8 Å². The van der Waals surface area contributed by atoms with Gasteiger partial charge in [0.15, 0.2) is 0 Å². The number of nitrogens with two attached hydrogens (primary N) is 1. The summed E-state index contributed by atoms with van der Waals surface area (Å²) in [7, 11) is 2.11. The quantitative estimate of drug-likeness (QED) is 0.709. The Bertz CT molecular complexity index is 220. The number of carbonyl (C=O) groups excluding carboxylic acids is 1. The first-order valence-electron chi connectivity index (χ1n) is 5.68. The summed E-state index contributed by atoms with van der Waals surface area (Å²) in [5.74, 6) is 0.150. The van der Waals surface area contributed by atoms with E-state index in [0.717, 1.165) is 13.1 Å². The Hall–Kier alpha value is -0.610. The molecule has 0 radical (unpaired) electrons. The molecule has 1 amide bonds. The van der Waals surface area contributed by atoms with Gasteiger partial charge in [-0.15, -0.1) is 0 Å². The summed E-state index contributed by atoms with van der Waals surface area (Å²) in [5.41, 5.74) is 5.52. The molecule has 2 N–H and O–H groups in total. The normalized spacial score (nSPS) is 30.3. The van der Waals surface area contributed by atoms with Crippen molar-refractivity contribution in [3.8, 4) is 0 Å². The third-order valence-corrected chi connectivity index (χ3v) is 3.45. The number of hydrogen-bond acceptors (Lipinski definition) is 3. The van der Waals surface area contributed by atoms with Crippen molar-refractivity contribution in [1.82, 2.24) is 9.80 Å². The minimum absolute atomic E-state index is 0.0483. The monoisotopic (exact) mass is 213 g/mol. The molecule has 0 aromatic carbocycles. The number of nitrogens with zero attached hydrogens (tertiary/aromatic N) is 2. The zero-order valence-corrected chi connectivity index (χ0v) is 10.2. The van der Waals surface area contributed by atoms with Gasteiger partial charge in [-0.25, -0.2) is 0 Å². The molecule has 1 rings (SSSR count). The Morgan fingerprint density at radius 3 is 2.27 bits per heavy atom. The van der Waals surface area contributed by atoms with E-state index >= 15 is 0 Å². The van der Waals surface area contributed by atoms with Gasteiger partial charge in [-0.1, -0.05) is 6.92 Å². The summed E-state index contributed by atoms with van der Waals surface area (Å²) < 4.78 is 0. The fourth-order valence-corrected chi connectivity index (χ4v) is 2.00. The third kappa shape index (κ3) is 2.69. The van der Waals surface area contributed by atoms with Crippen LogP contribution in [0.25, 0.3) is 0 Å². The van der Waals surface area contributed by atoms with Gasteiger partial charge in [0.2, 0.25) is 5.91 Å². The molecule has 0 bridgehead atoms. The molecule has 3 atom stereocenters. The van der Waals surface area contributed by atoms with E-state index in [9.17, 15) is 4.79 Å². The van der Waals surface area contributed by atoms with E-state index in [1.165, 1.54) is 0 Å². The SMILES string of the molecule is CC(CN)C(=O)N1CC(C)N(C)C(C)C1. The molecule has 1 fully saturated rings. The first-order chi connectivity index (χ1) is 6.97. The number of carbonyl (C=O) groups is 1. The lowest BCUT2D eigenvalue weighted by Crippen LogP contribution is -2.57. The van der Waals surface area contributed by atoms with Gasteiger partial charge in [-0.3, -0.25) is 9.69 Å². The first-order valence-corrected chi connectivity index (χ1v) is 5.68. The summed E-state index contributed by atoms with van der Waals surface area (Å²) in [5, 5.41) is 0. The Morgan fingerprint density at radius 1 is 1.40 bits per heavy atom. The van der Waals surface area contributed by atoms with Crippen LogP contribution in [-0.2, 0) is 4.79 Å². The highest BCUT2D eigenvalue weighted by atomic mass is 16.2. The molecule has 0 aromatic heterocycles. The highest BCUT2D eigenvalue weighted by molar-refractivity contribution is 5.78. The molecule has 1 saturated heterocycles. The van der Waals surface area contributed by atoms with Gasteiger partial charge in [0.25, 0.3) is 0 Å². The van der Waals surface area contributed by atoms with E-state index in [2.05, 4.69) is 25.8 Å². The van der Waals surface area contributed by atoms with Crippen LogP contribution in [-0.4, -0.2) is 54.5 Å². The predicted octanol–water partition coefficient (Wildman–Crippen LogP) is 0.132. The van der Waals surface area contributed by atoms with Crippen LogP contribution in [0.4, 0.5) is 0 Å². The summed E-state index contributed by atoms with van der Waals surface area (Å²) in [4.78, 5) is 16.2. The minimum Gasteiger partial charge on any atom is -0.339 e. The Balaban J connectivity index is 2.61. The second-order valence-corrected chi connectivity index (χ2v) is 4.74. The van der Waals surface area contributed by atoms with E-state index in [4.69, 9.17) is 5.73 Å². The van der Waals surface area contributed by atoms with Gasteiger partial charge >= 0.3 is 0 Å².